The second kappa shape index (κ2) is 5.42. The van der Waals surface area contributed by atoms with Gasteiger partial charge in [-0.1, -0.05) is 29.8 Å². The summed E-state index contributed by atoms with van der Waals surface area (Å²) in [6, 6.07) is 6.75. The largest absolute Gasteiger partial charge is 0.338 e. The van der Waals surface area contributed by atoms with Crippen molar-refractivity contribution >= 4 is 15.7 Å². The molecule has 1 aromatic rings. The summed E-state index contributed by atoms with van der Waals surface area (Å²) >= 11 is 0. The molecule has 1 aliphatic rings. The molecule has 1 fully saturated rings. The lowest BCUT2D eigenvalue weighted by Crippen LogP contribution is -2.56. The Balaban J connectivity index is 2.16. The lowest BCUT2D eigenvalue weighted by atomic mass is 10.0. The summed E-state index contributed by atoms with van der Waals surface area (Å²) in [6.07, 6.45) is 0. The number of hydrogen-bond acceptors (Lipinski definition) is 4. The van der Waals surface area contributed by atoms with Gasteiger partial charge in [0.05, 0.1) is 10.5 Å². The maximum atomic E-state index is 12.5. The highest BCUT2D eigenvalue weighted by atomic mass is 32.2. The highest BCUT2D eigenvalue weighted by Crippen LogP contribution is 2.25. The molecule has 1 saturated heterocycles. The molecular weight excluding hydrogens is 288 g/mol. The Kier molecular flexibility index (Phi) is 4.13. The van der Waals surface area contributed by atoms with Crippen molar-refractivity contribution in [3.8, 4) is 0 Å². The highest BCUT2D eigenvalue weighted by Gasteiger charge is 2.42. The molecule has 1 heterocycles. The fourth-order valence-electron chi connectivity index (χ4n) is 2.44. The van der Waals surface area contributed by atoms with Gasteiger partial charge in [-0.3, -0.25) is 4.79 Å². The van der Waals surface area contributed by atoms with E-state index in [1.807, 2.05) is 31.2 Å². The first-order chi connectivity index (χ1) is 9.64. The van der Waals surface area contributed by atoms with E-state index in [0.29, 0.717) is 0 Å². The average molecular weight is 310 g/mol. The number of aryl methyl sites for hydroxylation is 1. The molecule has 116 valence electrons. The van der Waals surface area contributed by atoms with Crippen molar-refractivity contribution < 1.29 is 13.2 Å². The van der Waals surface area contributed by atoms with E-state index in [0.717, 1.165) is 11.1 Å². The predicted molar refractivity (Wildman–Crippen MR) is 82.6 cm³/mol. The van der Waals surface area contributed by atoms with Crippen LogP contribution in [-0.2, 0) is 14.6 Å². The van der Waals surface area contributed by atoms with Gasteiger partial charge in [-0.25, -0.2) is 8.42 Å². The van der Waals surface area contributed by atoms with Gasteiger partial charge in [-0.05, 0) is 26.3 Å². The molecule has 2 N–H and O–H groups in total. The molecule has 0 radical (unpaired) electrons. The third-order valence-electron chi connectivity index (χ3n) is 4.06. The van der Waals surface area contributed by atoms with Crippen LogP contribution in [0.4, 0.5) is 0 Å². The van der Waals surface area contributed by atoms with Crippen LogP contribution < -0.4 is 5.73 Å². The summed E-state index contributed by atoms with van der Waals surface area (Å²) in [6.45, 7) is 5.67. The summed E-state index contributed by atoms with van der Waals surface area (Å²) in [5.74, 6) is -0.228. The molecule has 1 atom stereocenters. The summed E-state index contributed by atoms with van der Waals surface area (Å²) in [4.78, 5) is 14.0. The van der Waals surface area contributed by atoms with Gasteiger partial charge in [0.2, 0.25) is 5.91 Å². The highest BCUT2D eigenvalue weighted by molar-refractivity contribution is 7.92. The molecule has 6 heteroatoms. The van der Waals surface area contributed by atoms with Crippen LogP contribution in [0.3, 0.4) is 0 Å². The van der Waals surface area contributed by atoms with Gasteiger partial charge in [-0.2, -0.15) is 0 Å². The molecule has 21 heavy (non-hydrogen) atoms. The van der Waals surface area contributed by atoms with Gasteiger partial charge in [0.25, 0.3) is 0 Å². The molecule has 5 nitrogen and oxygen atoms in total. The van der Waals surface area contributed by atoms with Crippen LogP contribution in [0.5, 0.6) is 0 Å². The third kappa shape index (κ3) is 3.11. The smallest absolute Gasteiger partial charge is 0.244 e. The van der Waals surface area contributed by atoms with Crippen LogP contribution in [0, 0.1) is 6.92 Å². The summed E-state index contributed by atoms with van der Waals surface area (Å²) in [5, 5.41) is 0. The first-order valence-electron chi connectivity index (χ1n) is 6.97. The monoisotopic (exact) mass is 310 g/mol. The Bertz CT molecular complexity index is 635. The number of rotatable bonds is 2. The van der Waals surface area contributed by atoms with Gasteiger partial charge in [0.15, 0.2) is 9.84 Å². The molecule has 1 amide bonds. The maximum absolute atomic E-state index is 12.5. The van der Waals surface area contributed by atoms with E-state index in [9.17, 15) is 13.2 Å². The van der Waals surface area contributed by atoms with E-state index in [1.54, 1.807) is 18.7 Å². The van der Waals surface area contributed by atoms with Crippen LogP contribution in [-0.4, -0.2) is 42.8 Å². The van der Waals surface area contributed by atoms with Crippen LogP contribution in [0.15, 0.2) is 24.3 Å². The van der Waals surface area contributed by atoms with Crippen molar-refractivity contribution in [2.45, 2.75) is 31.6 Å². The normalized spacial score (nSPS) is 21.8. The van der Waals surface area contributed by atoms with E-state index in [4.69, 9.17) is 5.73 Å². The van der Waals surface area contributed by atoms with Crippen LogP contribution in [0.2, 0.25) is 0 Å². The Hall–Kier alpha value is -1.40. The average Bonchev–Trinajstić information content (AvgIpc) is 2.41. The molecule has 1 aliphatic heterocycles. The number of nitrogens with zero attached hydrogens (tertiary/aromatic N) is 1. The molecule has 0 aliphatic carbocycles. The first-order valence-corrected chi connectivity index (χ1v) is 8.62. The number of carbonyl (C=O) groups excluding carboxylic acids is 1. The van der Waals surface area contributed by atoms with E-state index < -0.39 is 20.6 Å². The standard InChI is InChI=1S/C15H22N2O3S/c1-11-4-6-12(7-5-11)13(16)14(18)17-8-9-21(19,20)15(2,3)10-17/h4-7,13H,8-10,16H2,1-3H3. The van der Waals surface area contributed by atoms with E-state index in [2.05, 4.69) is 0 Å². The van der Waals surface area contributed by atoms with Gasteiger partial charge in [0.1, 0.15) is 6.04 Å². The molecular formula is C15H22N2O3S. The zero-order valence-corrected chi connectivity index (χ0v) is 13.5. The maximum Gasteiger partial charge on any atom is 0.244 e. The van der Waals surface area contributed by atoms with Crippen LogP contribution >= 0.6 is 0 Å². The summed E-state index contributed by atoms with van der Waals surface area (Å²) in [7, 11) is -3.16. The fourth-order valence-corrected chi connectivity index (χ4v) is 3.81. The van der Waals surface area contributed by atoms with Gasteiger partial charge < -0.3 is 10.6 Å². The number of hydrogen-bond donors (Lipinski definition) is 1. The van der Waals surface area contributed by atoms with Crippen molar-refractivity contribution in [1.29, 1.82) is 0 Å². The molecule has 0 aromatic heterocycles. The van der Waals surface area contributed by atoms with E-state index in [1.165, 1.54) is 0 Å². The Morgan fingerprint density at radius 3 is 2.38 bits per heavy atom. The lowest BCUT2D eigenvalue weighted by molar-refractivity contribution is -0.133. The van der Waals surface area contributed by atoms with Crippen molar-refractivity contribution in [1.82, 2.24) is 4.90 Å². The second-order valence-corrected chi connectivity index (χ2v) is 8.97. The SMILES string of the molecule is Cc1ccc(C(N)C(=O)N2CCS(=O)(=O)C(C)(C)C2)cc1. The molecule has 1 unspecified atom stereocenters. The Morgan fingerprint density at radius 2 is 1.86 bits per heavy atom. The quantitative estimate of drug-likeness (QED) is 0.884. The minimum atomic E-state index is -3.16. The van der Waals surface area contributed by atoms with Gasteiger partial charge in [0, 0.05) is 13.1 Å². The number of carbonyl (C=O) groups is 1. The van der Waals surface area contributed by atoms with Crippen molar-refractivity contribution in [3.63, 3.8) is 0 Å². The zero-order chi connectivity index (χ0) is 15.8. The number of benzene rings is 1. The fraction of sp³-hybridized carbons (Fsp3) is 0.533. The lowest BCUT2D eigenvalue weighted by Gasteiger charge is -2.38. The minimum Gasteiger partial charge on any atom is -0.338 e. The third-order valence-corrected chi connectivity index (χ3v) is 6.59. The minimum absolute atomic E-state index is 0.00758. The second-order valence-electron chi connectivity index (χ2n) is 6.23. The van der Waals surface area contributed by atoms with E-state index >= 15 is 0 Å². The van der Waals surface area contributed by atoms with Crippen molar-refractivity contribution in [2.75, 3.05) is 18.8 Å². The molecule has 0 saturated carbocycles. The van der Waals surface area contributed by atoms with Gasteiger partial charge >= 0.3 is 0 Å². The zero-order valence-electron chi connectivity index (χ0n) is 12.7. The van der Waals surface area contributed by atoms with Crippen LogP contribution in [0.25, 0.3) is 0 Å². The molecule has 0 spiro atoms. The van der Waals surface area contributed by atoms with Gasteiger partial charge in [-0.15, -0.1) is 0 Å². The Morgan fingerprint density at radius 1 is 1.29 bits per heavy atom. The summed E-state index contributed by atoms with van der Waals surface area (Å²) in [5.41, 5.74) is 7.88. The number of sulfone groups is 1. The predicted octanol–water partition coefficient (Wildman–Crippen LogP) is 1.03. The molecule has 0 bridgehead atoms. The topological polar surface area (TPSA) is 80.5 Å². The number of amides is 1. The molecule has 1 aromatic carbocycles. The molecule has 2 rings (SSSR count). The Labute approximate surface area is 126 Å². The first kappa shape index (κ1) is 16.0. The van der Waals surface area contributed by atoms with Crippen molar-refractivity contribution in [2.24, 2.45) is 5.73 Å². The van der Waals surface area contributed by atoms with E-state index in [-0.39, 0.29) is 24.7 Å². The number of nitrogens with two attached hydrogens (primary N) is 1. The van der Waals surface area contributed by atoms with Crippen LogP contribution in [0.1, 0.15) is 31.0 Å². The van der Waals surface area contributed by atoms with Crippen molar-refractivity contribution in [3.05, 3.63) is 35.4 Å². The summed E-state index contributed by atoms with van der Waals surface area (Å²) < 4.78 is 23.0.